The molecule has 1 aromatic rings. The van der Waals surface area contributed by atoms with Crippen LogP contribution in [0.15, 0.2) is 16.9 Å². The maximum absolute atomic E-state index is 11.0. The largest absolute Gasteiger partial charge is 0.354 e. The number of hydrogen-bond acceptors (Lipinski definition) is 2. The lowest BCUT2D eigenvalue weighted by molar-refractivity contribution is 0.0958. The predicted molar refractivity (Wildman–Crippen MR) is 45.2 cm³/mol. The summed E-state index contributed by atoms with van der Waals surface area (Å²) >= 11 is 0. The molecule has 1 amide bonds. The van der Waals surface area contributed by atoms with Crippen LogP contribution < -0.4 is 10.7 Å². The van der Waals surface area contributed by atoms with Crippen molar-refractivity contribution in [3.05, 3.63) is 33.7 Å². The van der Waals surface area contributed by atoms with Crippen molar-refractivity contribution in [1.29, 1.82) is 0 Å². The Hall–Kier alpha value is -1.58. The van der Waals surface area contributed by atoms with Gasteiger partial charge in [-0.3, -0.25) is 9.59 Å². The van der Waals surface area contributed by atoms with Gasteiger partial charge in [-0.05, 0) is 6.92 Å². The molecule has 2 N–H and O–H groups in total. The highest BCUT2D eigenvalue weighted by Gasteiger charge is 2.03. The van der Waals surface area contributed by atoms with Crippen molar-refractivity contribution >= 4 is 5.91 Å². The number of hydrogen-bond donors (Lipinski definition) is 2. The second kappa shape index (κ2) is 3.21. The fourth-order valence-electron chi connectivity index (χ4n) is 0.939. The first-order chi connectivity index (χ1) is 5.63. The monoisotopic (exact) mass is 166 g/mol. The van der Waals surface area contributed by atoms with Gasteiger partial charge in [0, 0.05) is 24.9 Å². The molecule has 64 valence electrons. The smallest absolute Gasteiger partial charge is 0.267 e. The van der Waals surface area contributed by atoms with E-state index in [1.165, 1.54) is 19.2 Å². The number of carbonyl (C=O) groups excluding carboxylic acids is 1. The minimum Gasteiger partial charge on any atom is -0.354 e. The number of H-pyrrole nitrogens is 1. The highest BCUT2D eigenvalue weighted by atomic mass is 16.2. The molecule has 0 radical (unpaired) electrons. The molecule has 0 saturated heterocycles. The highest BCUT2D eigenvalue weighted by molar-refractivity contribution is 5.91. The summed E-state index contributed by atoms with van der Waals surface area (Å²) in [6, 6.07) is 2.71. The second-order valence-corrected chi connectivity index (χ2v) is 2.49. The second-order valence-electron chi connectivity index (χ2n) is 2.49. The molecule has 1 rings (SSSR count). The summed E-state index contributed by atoms with van der Waals surface area (Å²) in [7, 11) is 1.52. The zero-order valence-electron chi connectivity index (χ0n) is 6.97. The normalized spacial score (nSPS) is 9.50. The third-order valence-corrected chi connectivity index (χ3v) is 1.45. The average molecular weight is 166 g/mol. The van der Waals surface area contributed by atoms with Gasteiger partial charge in [0.1, 0.15) is 5.69 Å². The number of carbonyl (C=O) groups is 1. The quantitative estimate of drug-likeness (QED) is 0.619. The van der Waals surface area contributed by atoms with E-state index in [-0.39, 0.29) is 11.3 Å². The standard InChI is InChI=1S/C8H10N2O2/c1-5-3-6(11)4-7(10-5)8(12)9-2/h3-4H,1-2H3,(H,9,12)(H,10,11). The van der Waals surface area contributed by atoms with Crippen molar-refractivity contribution in [2.75, 3.05) is 7.05 Å². The number of aromatic nitrogens is 1. The molecule has 0 aliphatic rings. The van der Waals surface area contributed by atoms with Crippen molar-refractivity contribution in [2.24, 2.45) is 0 Å². The van der Waals surface area contributed by atoms with Gasteiger partial charge in [-0.15, -0.1) is 0 Å². The van der Waals surface area contributed by atoms with Crippen LogP contribution in [-0.2, 0) is 0 Å². The van der Waals surface area contributed by atoms with Gasteiger partial charge in [0.05, 0.1) is 0 Å². The number of rotatable bonds is 1. The van der Waals surface area contributed by atoms with E-state index in [2.05, 4.69) is 10.3 Å². The minimum absolute atomic E-state index is 0.162. The first-order valence-electron chi connectivity index (χ1n) is 3.56. The first-order valence-corrected chi connectivity index (χ1v) is 3.56. The van der Waals surface area contributed by atoms with Crippen LogP contribution in [0, 0.1) is 6.92 Å². The minimum atomic E-state index is -0.282. The fourth-order valence-corrected chi connectivity index (χ4v) is 0.939. The van der Waals surface area contributed by atoms with Crippen molar-refractivity contribution in [3.63, 3.8) is 0 Å². The van der Waals surface area contributed by atoms with Gasteiger partial charge in [-0.1, -0.05) is 0 Å². The van der Waals surface area contributed by atoms with Crippen LogP contribution in [0.1, 0.15) is 16.2 Å². The highest BCUT2D eigenvalue weighted by Crippen LogP contribution is 1.92. The van der Waals surface area contributed by atoms with Gasteiger partial charge in [-0.25, -0.2) is 0 Å². The van der Waals surface area contributed by atoms with E-state index >= 15 is 0 Å². The van der Waals surface area contributed by atoms with Crippen molar-refractivity contribution in [1.82, 2.24) is 10.3 Å². The number of pyridine rings is 1. The van der Waals surface area contributed by atoms with Gasteiger partial charge in [0.15, 0.2) is 5.43 Å². The maximum atomic E-state index is 11.0. The van der Waals surface area contributed by atoms with Gasteiger partial charge < -0.3 is 10.3 Å². The Morgan fingerprint density at radius 3 is 2.67 bits per heavy atom. The summed E-state index contributed by atoms with van der Waals surface area (Å²) in [6.07, 6.45) is 0. The molecule has 0 unspecified atom stereocenters. The topological polar surface area (TPSA) is 62.0 Å². The van der Waals surface area contributed by atoms with E-state index in [0.29, 0.717) is 11.4 Å². The zero-order valence-corrected chi connectivity index (χ0v) is 6.97. The van der Waals surface area contributed by atoms with Crippen LogP contribution in [0.3, 0.4) is 0 Å². The van der Waals surface area contributed by atoms with Crippen molar-refractivity contribution in [3.8, 4) is 0 Å². The van der Waals surface area contributed by atoms with Gasteiger partial charge in [0.25, 0.3) is 5.91 Å². The lowest BCUT2D eigenvalue weighted by Crippen LogP contribution is -2.21. The molecule has 0 aliphatic heterocycles. The molecule has 1 heterocycles. The SMILES string of the molecule is CNC(=O)c1cc(=O)cc(C)[nH]1. The third-order valence-electron chi connectivity index (χ3n) is 1.45. The Labute approximate surface area is 69.6 Å². The van der Waals surface area contributed by atoms with Crippen LogP contribution in [0.25, 0.3) is 0 Å². The van der Waals surface area contributed by atoms with Crippen molar-refractivity contribution in [2.45, 2.75) is 6.92 Å². The van der Waals surface area contributed by atoms with E-state index in [4.69, 9.17) is 0 Å². The summed E-state index contributed by atoms with van der Waals surface area (Å²) in [5.41, 5.74) is 0.813. The Balaban J connectivity index is 3.17. The lowest BCUT2D eigenvalue weighted by Gasteiger charge is -1.99. The lowest BCUT2D eigenvalue weighted by atomic mass is 10.3. The first kappa shape index (κ1) is 8.52. The molecule has 0 aliphatic carbocycles. The summed E-state index contributed by atoms with van der Waals surface area (Å²) in [5, 5.41) is 2.43. The molecule has 4 nitrogen and oxygen atoms in total. The maximum Gasteiger partial charge on any atom is 0.267 e. The molecule has 0 spiro atoms. The van der Waals surface area contributed by atoms with Crippen LogP contribution >= 0.6 is 0 Å². The van der Waals surface area contributed by atoms with E-state index in [1.807, 2.05) is 0 Å². The van der Waals surface area contributed by atoms with E-state index in [0.717, 1.165) is 0 Å². The van der Waals surface area contributed by atoms with Gasteiger partial charge in [0.2, 0.25) is 0 Å². The summed E-state index contributed by atoms with van der Waals surface area (Å²) < 4.78 is 0. The Bertz CT molecular complexity index is 354. The van der Waals surface area contributed by atoms with Gasteiger partial charge >= 0.3 is 0 Å². The molecule has 4 heteroatoms. The summed E-state index contributed by atoms with van der Waals surface area (Å²) in [4.78, 5) is 24.8. The Morgan fingerprint density at radius 2 is 2.17 bits per heavy atom. The molecule has 1 aromatic heterocycles. The molecule has 0 fully saturated rings. The number of aryl methyl sites for hydroxylation is 1. The average Bonchev–Trinajstić information content (AvgIpc) is 2.01. The van der Waals surface area contributed by atoms with Crippen LogP contribution in [0.5, 0.6) is 0 Å². The van der Waals surface area contributed by atoms with Crippen LogP contribution in [0.2, 0.25) is 0 Å². The number of amides is 1. The van der Waals surface area contributed by atoms with E-state index in [1.54, 1.807) is 6.92 Å². The Morgan fingerprint density at radius 1 is 1.50 bits per heavy atom. The zero-order chi connectivity index (χ0) is 9.14. The summed E-state index contributed by atoms with van der Waals surface area (Å²) in [6.45, 7) is 1.73. The van der Waals surface area contributed by atoms with E-state index in [9.17, 15) is 9.59 Å². The van der Waals surface area contributed by atoms with Gasteiger partial charge in [-0.2, -0.15) is 0 Å². The molecule has 0 aromatic carbocycles. The van der Waals surface area contributed by atoms with Crippen LogP contribution in [0.4, 0.5) is 0 Å². The third kappa shape index (κ3) is 1.72. The Kier molecular flexibility index (Phi) is 2.28. The molecule has 0 atom stereocenters. The summed E-state index contributed by atoms with van der Waals surface area (Å²) in [5.74, 6) is -0.282. The number of nitrogens with one attached hydrogen (secondary N) is 2. The van der Waals surface area contributed by atoms with Crippen molar-refractivity contribution < 1.29 is 4.79 Å². The fraction of sp³-hybridized carbons (Fsp3) is 0.250. The molecule has 0 saturated carbocycles. The molecular weight excluding hydrogens is 156 g/mol. The molecular formula is C8H10N2O2. The van der Waals surface area contributed by atoms with Crippen LogP contribution in [-0.4, -0.2) is 17.9 Å². The molecule has 12 heavy (non-hydrogen) atoms. The predicted octanol–water partition coefficient (Wildman–Crippen LogP) is 0.0429. The van der Waals surface area contributed by atoms with E-state index < -0.39 is 0 Å². The number of aromatic amines is 1. The molecule has 0 bridgehead atoms.